The third-order valence-corrected chi connectivity index (χ3v) is 2.70. The van der Waals surface area contributed by atoms with E-state index in [1.165, 1.54) is 7.11 Å². The smallest absolute Gasteiger partial charge is 0.246 e. The van der Waals surface area contributed by atoms with Crippen molar-refractivity contribution in [3.8, 4) is 11.5 Å². The van der Waals surface area contributed by atoms with Crippen LogP contribution in [0.15, 0.2) is 18.2 Å². The van der Waals surface area contributed by atoms with Gasteiger partial charge in [-0.15, -0.1) is 0 Å². The molecule has 0 spiro atoms. The predicted molar refractivity (Wildman–Crippen MR) is 77.2 cm³/mol. The molecule has 0 saturated carbocycles. The third-order valence-electron chi connectivity index (χ3n) is 2.70. The van der Waals surface area contributed by atoms with Crippen molar-refractivity contribution in [2.45, 2.75) is 32.9 Å². The molecule has 1 atom stereocenters. The van der Waals surface area contributed by atoms with Crippen molar-refractivity contribution >= 4 is 5.91 Å². The first-order valence-corrected chi connectivity index (χ1v) is 6.60. The molecule has 1 N–H and O–H groups in total. The summed E-state index contributed by atoms with van der Waals surface area (Å²) in [6.07, 6.45) is 0.0774. The highest BCUT2D eigenvalue weighted by atomic mass is 16.5. The Hall–Kier alpha value is -1.75. The number of rotatable bonds is 7. The van der Waals surface area contributed by atoms with E-state index in [2.05, 4.69) is 5.32 Å². The van der Waals surface area contributed by atoms with Crippen molar-refractivity contribution in [2.24, 2.45) is 0 Å². The van der Waals surface area contributed by atoms with Crippen molar-refractivity contribution < 1.29 is 19.0 Å². The minimum Gasteiger partial charge on any atom is -0.493 e. The lowest BCUT2D eigenvalue weighted by Crippen LogP contribution is -2.29. The van der Waals surface area contributed by atoms with Gasteiger partial charge in [-0.3, -0.25) is 4.79 Å². The van der Waals surface area contributed by atoms with E-state index in [-0.39, 0.29) is 24.7 Å². The summed E-state index contributed by atoms with van der Waals surface area (Å²) in [5.41, 5.74) is 0.947. The van der Waals surface area contributed by atoms with Crippen LogP contribution < -0.4 is 14.8 Å². The summed E-state index contributed by atoms with van der Waals surface area (Å²) in [4.78, 5) is 11.5. The monoisotopic (exact) mass is 281 g/mol. The van der Waals surface area contributed by atoms with Crippen molar-refractivity contribution in [3.63, 3.8) is 0 Å². The van der Waals surface area contributed by atoms with Crippen LogP contribution in [0.4, 0.5) is 0 Å². The molecule has 0 aromatic heterocycles. The molecule has 5 nitrogen and oxygen atoms in total. The number of hydrogen-bond donors (Lipinski definition) is 1. The van der Waals surface area contributed by atoms with Crippen LogP contribution in [0.25, 0.3) is 0 Å². The van der Waals surface area contributed by atoms with E-state index in [1.807, 2.05) is 39.0 Å². The molecule has 1 unspecified atom stereocenters. The molecule has 0 aliphatic rings. The zero-order valence-electron chi connectivity index (χ0n) is 12.7. The van der Waals surface area contributed by atoms with Gasteiger partial charge in [-0.1, -0.05) is 6.07 Å². The third kappa shape index (κ3) is 4.74. The summed E-state index contributed by atoms with van der Waals surface area (Å²) in [6.45, 7) is 5.88. The normalized spacial score (nSPS) is 12.1. The van der Waals surface area contributed by atoms with Crippen LogP contribution in [0.5, 0.6) is 11.5 Å². The lowest BCUT2D eigenvalue weighted by Gasteiger charge is -2.18. The number of nitrogens with one attached hydrogen (secondary N) is 1. The zero-order chi connectivity index (χ0) is 15.1. The molecular formula is C15H23NO4. The maximum Gasteiger partial charge on any atom is 0.246 e. The van der Waals surface area contributed by atoms with E-state index < -0.39 is 0 Å². The summed E-state index contributed by atoms with van der Waals surface area (Å²) in [7, 11) is 3.09. The Morgan fingerprint density at radius 2 is 1.90 bits per heavy atom. The van der Waals surface area contributed by atoms with E-state index in [9.17, 15) is 4.79 Å². The Labute approximate surface area is 120 Å². The SMILES string of the molecule is COCC(=O)NC(C)c1ccc(OC(C)C)c(OC)c1. The fraction of sp³-hybridized carbons (Fsp3) is 0.533. The molecule has 20 heavy (non-hydrogen) atoms. The number of ether oxygens (including phenoxy) is 3. The lowest BCUT2D eigenvalue weighted by molar-refractivity contribution is -0.125. The molecule has 112 valence electrons. The maximum atomic E-state index is 11.5. The van der Waals surface area contributed by atoms with Gasteiger partial charge in [0.1, 0.15) is 6.61 Å². The minimum absolute atomic E-state index is 0.0516. The van der Waals surface area contributed by atoms with Crippen LogP contribution in [0.3, 0.4) is 0 Å². The number of hydrogen-bond acceptors (Lipinski definition) is 4. The minimum atomic E-state index is -0.151. The lowest BCUT2D eigenvalue weighted by atomic mass is 10.1. The fourth-order valence-corrected chi connectivity index (χ4v) is 1.80. The Morgan fingerprint density at radius 3 is 2.45 bits per heavy atom. The average molecular weight is 281 g/mol. The maximum absolute atomic E-state index is 11.5. The second-order valence-corrected chi connectivity index (χ2v) is 4.80. The van der Waals surface area contributed by atoms with Crippen LogP contribution in [-0.4, -0.2) is 32.8 Å². The highest BCUT2D eigenvalue weighted by Gasteiger charge is 2.13. The first kappa shape index (κ1) is 16.3. The van der Waals surface area contributed by atoms with Gasteiger partial charge in [0.05, 0.1) is 19.3 Å². The largest absolute Gasteiger partial charge is 0.493 e. The van der Waals surface area contributed by atoms with Crippen molar-refractivity contribution in [3.05, 3.63) is 23.8 Å². The molecule has 5 heteroatoms. The van der Waals surface area contributed by atoms with Gasteiger partial charge < -0.3 is 19.5 Å². The number of amides is 1. The average Bonchev–Trinajstić information content (AvgIpc) is 2.38. The Balaban J connectivity index is 2.83. The molecule has 0 fully saturated rings. The van der Waals surface area contributed by atoms with Gasteiger partial charge in [-0.2, -0.15) is 0 Å². The van der Waals surface area contributed by atoms with Gasteiger partial charge in [-0.25, -0.2) is 0 Å². The van der Waals surface area contributed by atoms with Gasteiger partial charge in [0.15, 0.2) is 11.5 Å². The predicted octanol–water partition coefficient (Wildman–Crippen LogP) is 2.31. The quantitative estimate of drug-likeness (QED) is 0.833. The highest BCUT2D eigenvalue weighted by molar-refractivity contribution is 5.77. The summed E-state index contributed by atoms with van der Waals surface area (Å²) < 4.78 is 15.8. The molecular weight excluding hydrogens is 258 g/mol. The van der Waals surface area contributed by atoms with Gasteiger partial charge >= 0.3 is 0 Å². The van der Waals surface area contributed by atoms with Crippen LogP contribution in [-0.2, 0) is 9.53 Å². The Bertz CT molecular complexity index is 445. The molecule has 0 heterocycles. The molecule has 1 rings (SSSR count). The van der Waals surface area contributed by atoms with Gasteiger partial charge in [0, 0.05) is 7.11 Å². The second kappa shape index (κ2) is 7.75. The summed E-state index contributed by atoms with van der Waals surface area (Å²) in [5, 5.41) is 2.85. The second-order valence-electron chi connectivity index (χ2n) is 4.80. The molecule has 0 bridgehead atoms. The zero-order valence-corrected chi connectivity index (χ0v) is 12.7. The van der Waals surface area contributed by atoms with E-state index >= 15 is 0 Å². The van der Waals surface area contributed by atoms with Crippen LogP contribution >= 0.6 is 0 Å². The van der Waals surface area contributed by atoms with Gasteiger partial charge in [0.2, 0.25) is 5.91 Å². The standard InChI is InChI=1S/C15H23NO4/c1-10(2)20-13-7-6-12(8-14(13)19-5)11(3)16-15(17)9-18-4/h6-8,10-11H,9H2,1-5H3,(H,16,17). The molecule has 0 radical (unpaired) electrons. The van der Waals surface area contributed by atoms with Crippen molar-refractivity contribution in [1.82, 2.24) is 5.32 Å². The highest BCUT2D eigenvalue weighted by Crippen LogP contribution is 2.31. The molecule has 0 saturated heterocycles. The Morgan fingerprint density at radius 1 is 1.20 bits per heavy atom. The first-order chi connectivity index (χ1) is 9.47. The van der Waals surface area contributed by atoms with Gasteiger partial charge in [-0.05, 0) is 38.5 Å². The Kier molecular flexibility index (Phi) is 6.31. The first-order valence-electron chi connectivity index (χ1n) is 6.60. The van der Waals surface area contributed by atoms with E-state index in [4.69, 9.17) is 14.2 Å². The van der Waals surface area contributed by atoms with Crippen LogP contribution in [0.2, 0.25) is 0 Å². The number of carbonyl (C=O) groups excluding carboxylic acids is 1. The molecule has 1 aromatic carbocycles. The number of methoxy groups -OCH3 is 2. The summed E-state index contributed by atoms with van der Waals surface area (Å²) >= 11 is 0. The topological polar surface area (TPSA) is 56.8 Å². The molecule has 0 aliphatic carbocycles. The molecule has 1 amide bonds. The summed E-state index contributed by atoms with van der Waals surface area (Å²) in [6, 6.07) is 5.51. The molecule has 0 aliphatic heterocycles. The van der Waals surface area contributed by atoms with Crippen molar-refractivity contribution in [1.29, 1.82) is 0 Å². The van der Waals surface area contributed by atoms with E-state index in [1.54, 1.807) is 7.11 Å². The van der Waals surface area contributed by atoms with Crippen molar-refractivity contribution in [2.75, 3.05) is 20.8 Å². The van der Waals surface area contributed by atoms with Gasteiger partial charge in [0.25, 0.3) is 0 Å². The van der Waals surface area contributed by atoms with E-state index in [0.717, 1.165) is 5.56 Å². The summed E-state index contributed by atoms with van der Waals surface area (Å²) in [5.74, 6) is 1.20. The van der Waals surface area contributed by atoms with E-state index in [0.29, 0.717) is 11.5 Å². The van der Waals surface area contributed by atoms with Crippen LogP contribution in [0.1, 0.15) is 32.4 Å². The number of carbonyl (C=O) groups is 1. The number of benzene rings is 1. The molecule has 1 aromatic rings. The fourth-order valence-electron chi connectivity index (χ4n) is 1.80. The van der Waals surface area contributed by atoms with Crippen LogP contribution in [0, 0.1) is 0 Å².